The Hall–Kier alpha value is -0.940. The fourth-order valence-electron chi connectivity index (χ4n) is 1.47. The maximum absolute atomic E-state index is 4.44. The largest absolute Gasteiger partial charge is 0.375 e. The highest BCUT2D eigenvalue weighted by Crippen LogP contribution is 2.27. The normalized spacial score (nSPS) is 12.4. The summed E-state index contributed by atoms with van der Waals surface area (Å²) in [6.45, 7) is 4.26. The topological polar surface area (TPSA) is 37.8 Å². The van der Waals surface area contributed by atoms with Gasteiger partial charge in [0.1, 0.15) is 5.01 Å². The molecule has 0 aliphatic rings. The van der Waals surface area contributed by atoms with Gasteiger partial charge in [-0.25, -0.2) is 4.98 Å². The first-order chi connectivity index (χ1) is 8.20. The van der Waals surface area contributed by atoms with Crippen LogP contribution in [0.1, 0.15) is 29.8 Å². The van der Waals surface area contributed by atoms with E-state index in [9.17, 15) is 0 Å². The first-order valence-corrected chi connectivity index (χ1v) is 7.12. The molecule has 0 spiro atoms. The van der Waals surface area contributed by atoms with E-state index < -0.39 is 0 Å². The van der Waals surface area contributed by atoms with Gasteiger partial charge in [0.25, 0.3) is 0 Å². The molecular weight excluding hydrogens is 298 g/mol. The summed E-state index contributed by atoms with van der Waals surface area (Å²) in [5, 5.41) is 4.54. The van der Waals surface area contributed by atoms with Crippen LogP contribution in [0.2, 0.25) is 0 Å². The number of nitrogens with one attached hydrogen (secondary N) is 1. The van der Waals surface area contributed by atoms with Crippen molar-refractivity contribution in [1.29, 1.82) is 0 Å². The molecule has 0 radical (unpaired) electrons. The number of anilines is 1. The van der Waals surface area contributed by atoms with E-state index in [0.29, 0.717) is 0 Å². The molecule has 17 heavy (non-hydrogen) atoms. The average molecular weight is 312 g/mol. The number of hydrogen-bond acceptors (Lipinski definition) is 4. The van der Waals surface area contributed by atoms with Gasteiger partial charge in [0.15, 0.2) is 0 Å². The van der Waals surface area contributed by atoms with Gasteiger partial charge < -0.3 is 5.32 Å². The van der Waals surface area contributed by atoms with E-state index in [2.05, 4.69) is 45.1 Å². The van der Waals surface area contributed by atoms with E-state index in [1.165, 1.54) is 4.88 Å². The number of rotatable bonds is 4. The Labute approximate surface area is 113 Å². The number of pyridine rings is 1. The van der Waals surface area contributed by atoms with E-state index in [1.54, 1.807) is 23.7 Å². The second kappa shape index (κ2) is 5.60. The minimum Gasteiger partial charge on any atom is -0.375 e. The van der Waals surface area contributed by atoms with Gasteiger partial charge in [-0.1, -0.05) is 6.92 Å². The number of nitrogens with zero attached hydrogens (tertiary/aromatic N) is 2. The molecule has 0 fully saturated rings. The molecule has 5 heteroatoms. The van der Waals surface area contributed by atoms with Crippen LogP contribution in [0.3, 0.4) is 0 Å². The van der Waals surface area contributed by atoms with Crippen LogP contribution in [0.4, 0.5) is 5.69 Å². The number of thiazole rings is 1. The minimum absolute atomic E-state index is 0.207. The summed E-state index contributed by atoms with van der Waals surface area (Å²) in [7, 11) is 0. The Morgan fingerprint density at radius 2 is 2.29 bits per heavy atom. The van der Waals surface area contributed by atoms with Crippen molar-refractivity contribution in [3.8, 4) is 0 Å². The summed E-state index contributed by atoms with van der Waals surface area (Å²) < 4.78 is 0.971. The van der Waals surface area contributed by atoms with Crippen LogP contribution in [0.15, 0.2) is 29.1 Å². The Kier molecular flexibility index (Phi) is 4.12. The number of aromatic nitrogens is 2. The van der Waals surface area contributed by atoms with Crippen LogP contribution >= 0.6 is 27.3 Å². The Balaban J connectivity index is 2.11. The van der Waals surface area contributed by atoms with E-state index >= 15 is 0 Å². The molecule has 0 aliphatic heterocycles. The molecule has 0 saturated carbocycles. The number of hydrogen-bond donors (Lipinski definition) is 1. The van der Waals surface area contributed by atoms with Crippen molar-refractivity contribution in [3.63, 3.8) is 0 Å². The molecule has 2 rings (SSSR count). The fraction of sp³-hybridized carbons (Fsp3) is 0.333. The maximum atomic E-state index is 4.44. The van der Waals surface area contributed by atoms with Gasteiger partial charge in [0, 0.05) is 23.5 Å². The van der Waals surface area contributed by atoms with Crippen LogP contribution in [-0.4, -0.2) is 9.97 Å². The van der Waals surface area contributed by atoms with Gasteiger partial charge in [-0.2, -0.15) is 0 Å². The van der Waals surface area contributed by atoms with Gasteiger partial charge in [0.05, 0.1) is 16.2 Å². The molecule has 1 N–H and O–H groups in total. The molecule has 0 bridgehead atoms. The van der Waals surface area contributed by atoms with Crippen LogP contribution in [0, 0.1) is 0 Å². The van der Waals surface area contributed by atoms with Crippen LogP contribution < -0.4 is 5.32 Å². The van der Waals surface area contributed by atoms with Crippen LogP contribution in [0.25, 0.3) is 0 Å². The van der Waals surface area contributed by atoms with Crippen molar-refractivity contribution in [2.45, 2.75) is 26.3 Å². The van der Waals surface area contributed by atoms with Crippen molar-refractivity contribution in [3.05, 3.63) is 39.0 Å². The lowest BCUT2D eigenvalue weighted by atomic mass is 10.3. The SMILES string of the molecule is CCc1cnc(C(C)Nc2ccncc2Br)s1. The molecule has 1 atom stereocenters. The van der Waals surface area contributed by atoms with Gasteiger partial charge in [-0.05, 0) is 35.3 Å². The highest BCUT2D eigenvalue weighted by Gasteiger charge is 2.11. The van der Waals surface area contributed by atoms with Crippen molar-refractivity contribution in [2.75, 3.05) is 5.32 Å². The molecule has 90 valence electrons. The molecule has 1 unspecified atom stereocenters. The highest BCUT2D eigenvalue weighted by molar-refractivity contribution is 9.10. The minimum atomic E-state index is 0.207. The van der Waals surface area contributed by atoms with Crippen molar-refractivity contribution in [2.24, 2.45) is 0 Å². The third kappa shape index (κ3) is 3.04. The lowest BCUT2D eigenvalue weighted by molar-refractivity contribution is 0.867. The summed E-state index contributed by atoms with van der Waals surface area (Å²) in [5.41, 5.74) is 1.04. The monoisotopic (exact) mass is 311 g/mol. The van der Waals surface area contributed by atoms with Gasteiger partial charge in [-0.3, -0.25) is 4.98 Å². The molecular formula is C12H14BrN3S. The predicted octanol–water partition coefficient (Wildman–Crippen LogP) is 4.04. The lowest BCUT2D eigenvalue weighted by Gasteiger charge is -2.13. The van der Waals surface area contributed by atoms with Crippen molar-refractivity contribution < 1.29 is 0 Å². The van der Waals surface area contributed by atoms with Crippen molar-refractivity contribution in [1.82, 2.24) is 9.97 Å². The molecule has 0 aromatic carbocycles. The quantitative estimate of drug-likeness (QED) is 0.926. The molecule has 3 nitrogen and oxygen atoms in total. The van der Waals surface area contributed by atoms with Crippen LogP contribution in [0.5, 0.6) is 0 Å². The maximum Gasteiger partial charge on any atom is 0.115 e. The summed E-state index contributed by atoms with van der Waals surface area (Å²) in [5.74, 6) is 0. The summed E-state index contributed by atoms with van der Waals surface area (Å²) in [6.07, 6.45) is 6.57. The van der Waals surface area contributed by atoms with E-state index in [4.69, 9.17) is 0 Å². The third-order valence-electron chi connectivity index (χ3n) is 2.43. The molecule has 2 aromatic heterocycles. The molecule has 0 saturated heterocycles. The highest BCUT2D eigenvalue weighted by atomic mass is 79.9. The Morgan fingerprint density at radius 3 is 2.94 bits per heavy atom. The van der Waals surface area contributed by atoms with E-state index in [1.807, 2.05) is 12.3 Å². The average Bonchev–Trinajstić information content (AvgIpc) is 2.81. The zero-order valence-electron chi connectivity index (χ0n) is 9.77. The zero-order valence-corrected chi connectivity index (χ0v) is 12.2. The smallest absolute Gasteiger partial charge is 0.115 e. The molecule has 0 amide bonds. The summed E-state index contributed by atoms with van der Waals surface area (Å²) in [6, 6.07) is 2.16. The first-order valence-electron chi connectivity index (χ1n) is 5.51. The summed E-state index contributed by atoms with van der Waals surface area (Å²) >= 11 is 5.24. The molecule has 0 aliphatic carbocycles. The third-order valence-corrected chi connectivity index (χ3v) is 4.39. The van der Waals surface area contributed by atoms with Gasteiger partial charge in [-0.15, -0.1) is 11.3 Å². The Bertz CT molecular complexity index is 498. The van der Waals surface area contributed by atoms with E-state index in [0.717, 1.165) is 21.6 Å². The van der Waals surface area contributed by atoms with Gasteiger partial charge in [0.2, 0.25) is 0 Å². The standard InChI is InChI=1S/C12H14BrN3S/c1-3-9-6-15-12(17-9)8(2)16-11-4-5-14-7-10(11)13/h4-8H,3H2,1-2H3,(H,14,16). The first kappa shape index (κ1) is 12.5. The molecule has 2 aromatic rings. The van der Waals surface area contributed by atoms with Crippen molar-refractivity contribution >= 4 is 33.0 Å². The number of aryl methyl sites for hydroxylation is 1. The summed E-state index contributed by atoms with van der Waals surface area (Å²) in [4.78, 5) is 9.80. The van der Waals surface area contributed by atoms with Crippen LogP contribution in [-0.2, 0) is 6.42 Å². The zero-order chi connectivity index (χ0) is 12.3. The number of halogens is 1. The second-order valence-corrected chi connectivity index (χ2v) is 5.74. The van der Waals surface area contributed by atoms with E-state index in [-0.39, 0.29) is 6.04 Å². The second-order valence-electron chi connectivity index (χ2n) is 3.74. The molecule has 2 heterocycles. The lowest BCUT2D eigenvalue weighted by Crippen LogP contribution is -2.06. The predicted molar refractivity (Wildman–Crippen MR) is 75.5 cm³/mol. The fourth-order valence-corrected chi connectivity index (χ4v) is 2.70. The Morgan fingerprint density at radius 1 is 1.47 bits per heavy atom. The van der Waals surface area contributed by atoms with Gasteiger partial charge >= 0.3 is 0 Å².